The van der Waals surface area contributed by atoms with Gasteiger partial charge >= 0.3 is 0 Å². The van der Waals surface area contributed by atoms with Gasteiger partial charge in [0.2, 0.25) is 0 Å². The Morgan fingerprint density at radius 3 is 1.83 bits per heavy atom. The lowest BCUT2D eigenvalue weighted by molar-refractivity contribution is 0.193. The van der Waals surface area contributed by atoms with Crippen molar-refractivity contribution >= 4 is 84.9 Å². The van der Waals surface area contributed by atoms with Crippen LogP contribution in [0.3, 0.4) is 0 Å². The van der Waals surface area contributed by atoms with Crippen molar-refractivity contribution in [3.63, 3.8) is 0 Å². The number of fused-ring (bicyclic) bond motifs is 14. The Balaban J connectivity index is 1.21. The molecule has 0 bridgehead atoms. The van der Waals surface area contributed by atoms with Crippen molar-refractivity contribution in [2.45, 2.75) is 181 Å². The fraction of sp³-hybridized carbons (Fsp3) is 0.438. The molecule has 4 unspecified atom stereocenters. The first-order valence-corrected chi connectivity index (χ1v) is 26.6. The highest BCUT2D eigenvalue weighted by Gasteiger charge is 2.63. The van der Waals surface area contributed by atoms with Crippen molar-refractivity contribution in [1.82, 2.24) is 0 Å². The van der Waals surface area contributed by atoms with Crippen LogP contribution in [-0.2, 0) is 21.7 Å². The summed E-state index contributed by atoms with van der Waals surface area (Å²) in [6.07, 6.45) is 9.75. The topological polar surface area (TPSA) is 22.9 Å². The van der Waals surface area contributed by atoms with Crippen molar-refractivity contribution in [1.29, 1.82) is 0 Å². The highest BCUT2D eigenvalue weighted by molar-refractivity contribution is 7.02. The van der Waals surface area contributed by atoms with Gasteiger partial charge in [-0.05, 0) is 170 Å². The molecule has 0 radical (unpaired) electrons. The normalized spacial score (nSPS) is 25.5. The first-order chi connectivity index (χ1) is 32.6. The van der Waals surface area contributed by atoms with Crippen molar-refractivity contribution < 1.29 is 4.42 Å². The summed E-state index contributed by atoms with van der Waals surface area (Å²) >= 11 is 0. The first-order valence-electron chi connectivity index (χ1n) is 26.6. The Labute approximate surface area is 412 Å². The summed E-state index contributed by atoms with van der Waals surface area (Å²) in [5.74, 6) is 0. The molecular formula is C64H72BN3O. The van der Waals surface area contributed by atoms with E-state index in [4.69, 9.17) is 4.42 Å². The van der Waals surface area contributed by atoms with Gasteiger partial charge in [0.05, 0.1) is 16.8 Å². The van der Waals surface area contributed by atoms with E-state index in [1.807, 2.05) is 0 Å². The van der Waals surface area contributed by atoms with E-state index in [1.165, 1.54) is 151 Å². The molecule has 2 fully saturated rings. The molecule has 5 heterocycles. The Hall–Kier alpha value is -5.42. The van der Waals surface area contributed by atoms with E-state index in [0.717, 1.165) is 17.6 Å². The number of furan rings is 1. The average molecular weight is 910 g/mol. The van der Waals surface area contributed by atoms with Crippen LogP contribution < -0.4 is 31.1 Å². The number of anilines is 7. The van der Waals surface area contributed by atoms with E-state index in [2.05, 4.69) is 197 Å². The monoisotopic (exact) mass is 910 g/mol. The molecule has 2 aliphatic carbocycles. The van der Waals surface area contributed by atoms with Crippen LogP contribution in [0.2, 0.25) is 0 Å². The molecule has 0 saturated heterocycles. The summed E-state index contributed by atoms with van der Waals surface area (Å²) in [6.45, 7) is 34.3. The Bertz CT molecular complexity index is 3390. The van der Waals surface area contributed by atoms with E-state index in [0.29, 0.717) is 0 Å². The molecule has 7 aromatic rings. The molecule has 1 aromatic heterocycles. The van der Waals surface area contributed by atoms with Gasteiger partial charge in [-0.25, -0.2) is 0 Å². The number of hydrogen-bond acceptors (Lipinski definition) is 4. The van der Waals surface area contributed by atoms with Crippen LogP contribution in [0.1, 0.15) is 165 Å². The molecule has 5 heteroatoms. The molecule has 4 atom stereocenters. The number of benzene rings is 6. The number of nitrogens with zero attached hydrogens (tertiary/aromatic N) is 3. The van der Waals surface area contributed by atoms with E-state index in [1.54, 1.807) is 5.56 Å². The van der Waals surface area contributed by atoms with Crippen molar-refractivity contribution in [3.8, 4) is 0 Å². The third kappa shape index (κ3) is 5.33. The Morgan fingerprint density at radius 2 is 1.13 bits per heavy atom. The van der Waals surface area contributed by atoms with Gasteiger partial charge in [-0.2, -0.15) is 0 Å². The highest BCUT2D eigenvalue weighted by Crippen LogP contribution is 2.66. The summed E-state index contributed by atoms with van der Waals surface area (Å²) in [5, 5.41) is 2.45. The van der Waals surface area contributed by atoms with Gasteiger partial charge in [-0.3, -0.25) is 0 Å². The van der Waals surface area contributed by atoms with E-state index < -0.39 is 0 Å². The lowest BCUT2D eigenvalue weighted by atomic mass is 9.32. The Morgan fingerprint density at radius 1 is 0.507 bits per heavy atom. The number of hydrogen-bond donors (Lipinski definition) is 0. The van der Waals surface area contributed by atoms with E-state index in [-0.39, 0.29) is 39.5 Å². The second kappa shape index (κ2) is 13.7. The second-order valence-electron chi connectivity index (χ2n) is 25.8. The zero-order chi connectivity index (χ0) is 48.3. The summed E-state index contributed by atoms with van der Waals surface area (Å²) in [6, 6.07) is 34.0. The van der Waals surface area contributed by atoms with Crippen LogP contribution in [0.15, 0.2) is 89.3 Å². The fourth-order valence-electron chi connectivity index (χ4n) is 16.0. The van der Waals surface area contributed by atoms with Crippen LogP contribution in [0, 0.1) is 27.7 Å². The SMILES string of the molecule is Cc1cc(C)c2c3c1B1c4c(cc(N5c6ccc(C(C)(C)C)cc6C6(C)CCCCC56C)cc4N3C3(C)CCCCC23C)N(c2c(C)cc(C(C)(C)C)cc2C)c2ccc3oc4ccccc4c3c21. The molecule has 0 spiro atoms. The largest absolute Gasteiger partial charge is 0.456 e. The minimum atomic E-state index is -0.108. The maximum absolute atomic E-state index is 6.88. The molecule has 4 nitrogen and oxygen atoms in total. The molecule has 0 N–H and O–H groups in total. The van der Waals surface area contributed by atoms with Crippen LogP contribution in [0.4, 0.5) is 39.8 Å². The maximum Gasteiger partial charge on any atom is 0.253 e. The Kier molecular flexibility index (Phi) is 8.66. The van der Waals surface area contributed by atoms with Gasteiger partial charge in [0.25, 0.3) is 6.71 Å². The van der Waals surface area contributed by atoms with Crippen molar-refractivity contribution in [3.05, 3.63) is 129 Å². The summed E-state index contributed by atoms with van der Waals surface area (Å²) in [7, 11) is 0. The van der Waals surface area contributed by atoms with E-state index in [9.17, 15) is 0 Å². The third-order valence-corrected chi connectivity index (χ3v) is 19.9. The maximum atomic E-state index is 6.88. The number of para-hydroxylation sites is 1. The van der Waals surface area contributed by atoms with Gasteiger partial charge in [0, 0.05) is 55.7 Å². The fourth-order valence-corrected chi connectivity index (χ4v) is 16.0. The molecule has 69 heavy (non-hydrogen) atoms. The first kappa shape index (κ1) is 43.6. The lowest BCUT2D eigenvalue weighted by Gasteiger charge is -2.54. The summed E-state index contributed by atoms with van der Waals surface area (Å²) in [5.41, 5.74) is 27.0. The lowest BCUT2D eigenvalue weighted by Crippen LogP contribution is -2.65. The summed E-state index contributed by atoms with van der Waals surface area (Å²) in [4.78, 5) is 8.58. The van der Waals surface area contributed by atoms with Gasteiger partial charge in [-0.1, -0.05) is 135 Å². The van der Waals surface area contributed by atoms with Gasteiger partial charge in [0.1, 0.15) is 11.2 Å². The second-order valence-corrected chi connectivity index (χ2v) is 25.8. The van der Waals surface area contributed by atoms with Crippen LogP contribution in [0.25, 0.3) is 21.9 Å². The zero-order valence-electron chi connectivity index (χ0n) is 44.1. The van der Waals surface area contributed by atoms with Gasteiger partial charge < -0.3 is 19.1 Å². The number of rotatable bonds is 2. The summed E-state index contributed by atoms with van der Waals surface area (Å²) < 4.78 is 6.88. The standard InChI is InChI=1S/C64H72BN3O/c1-37-31-38(2)54-58-53(37)62(12)28-18-20-30-64(62,14)68(58)49-36-43(67-46-24-23-41(59(5,6)7)34-45(46)61(11)27-17-19-29-63(61,67)13)35-48-55(49)65(54)56-47(25-26-51-52(56)44-21-15-16-22-50(44)69-51)66(48)57-39(3)32-42(33-40(57)4)60(8,9)10/h15-16,21-26,31-36H,17-20,27-30H2,1-14H3. The molecular weight excluding hydrogens is 838 g/mol. The van der Waals surface area contributed by atoms with Gasteiger partial charge in [-0.15, -0.1) is 0 Å². The highest BCUT2D eigenvalue weighted by atomic mass is 16.3. The van der Waals surface area contributed by atoms with E-state index >= 15 is 0 Å². The van der Waals surface area contributed by atoms with Crippen molar-refractivity contribution in [2.75, 3.05) is 14.7 Å². The molecule has 0 amide bonds. The molecule has 6 aliphatic rings. The predicted octanol–water partition coefficient (Wildman–Crippen LogP) is 15.5. The van der Waals surface area contributed by atoms with Gasteiger partial charge in [0.15, 0.2) is 0 Å². The molecule has 13 rings (SSSR count). The average Bonchev–Trinajstić information content (AvgIpc) is 3.84. The van der Waals surface area contributed by atoms with Crippen LogP contribution >= 0.6 is 0 Å². The molecule has 2 saturated carbocycles. The number of aryl methyl sites for hydroxylation is 4. The molecule has 352 valence electrons. The minimum Gasteiger partial charge on any atom is -0.456 e. The minimum absolute atomic E-state index is 0.00293. The van der Waals surface area contributed by atoms with Crippen molar-refractivity contribution in [2.24, 2.45) is 0 Å². The molecule has 4 aliphatic heterocycles. The zero-order valence-corrected chi connectivity index (χ0v) is 44.1. The van der Waals surface area contributed by atoms with Crippen LogP contribution in [0.5, 0.6) is 0 Å². The van der Waals surface area contributed by atoms with Crippen LogP contribution in [-0.4, -0.2) is 17.8 Å². The molecule has 6 aromatic carbocycles. The quantitative estimate of drug-likeness (QED) is 0.161. The smallest absolute Gasteiger partial charge is 0.253 e. The third-order valence-electron chi connectivity index (χ3n) is 19.9. The predicted molar refractivity (Wildman–Crippen MR) is 295 cm³/mol.